The van der Waals surface area contributed by atoms with E-state index < -0.39 is 11.6 Å². The third kappa shape index (κ3) is 4.08. The summed E-state index contributed by atoms with van der Waals surface area (Å²) in [5.41, 5.74) is -1.67. The number of carboxylic acid groups (broad SMARTS) is 1. The van der Waals surface area contributed by atoms with Gasteiger partial charge in [0.15, 0.2) is 5.60 Å². The summed E-state index contributed by atoms with van der Waals surface area (Å²) in [5.74, 6) is -0.621. The smallest absolute Gasteiger partial charge is 0.336 e. The molecule has 0 spiro atoms. The molecule has 1 fully saturated rings. The van der Waals surface area contributed by atoms with E-state index in [0.717, 1.165) is 19.6 Å². The van der Waals surface area contributed by atoms with E-state index in [-0.39, 0.29) is 6.54 Å². The molecule has 2 atom stereocenters. The molecule has 0 radical (unpaired) electrons. The van der Waals surface area contributed by atoms with Gasteiger partial charge in [0.25, 0.3) is 0 Å². The minimum Gasteiger partial charge on any atom is -0.479 e. The van der Waals surface area contributed by atoms with Gasteiger partial charge >= 0.3 is 5.97 Å². The number of nitrogens with zero attached hydrogens (tertiary/aromatic N) is 1. The average molecular weight is 230 g/mol. The van der Waals surface area contributed by atoms with E-state index in [0.29, 0.717) is 5.92 Å². The molecule has 0 amide bonds. The molecule has 1 aliphatic heterocycles. The van der Waals surface area contributed by atoms with Gasteiger partial charge in [-0.2, -0.15) is 0 Å². The highest BCUT2D eigenvalue weighted by Crippen LogP contribution is 2.14. The van der Waals surface area contributed by atoms with Crippen molar-refractivity contribution in [3.63, 3.8) is 0 Å². The number of aliphatic carboxylic acids is 1. The topological polar surface area (TPSA) is 72.8 Å². The zero-order valence-electron chi connectivity index (χ0n) is 10.1. The molecule has 16 heavy (non-hydrogen) atoms. The number of nitrogens with one attached hydrogen (secondary N) is 1. The zero-order valence-corrected chi connectivity index (χ0v) is 10.1. The molecule has 5 heteroatoms. The van der Waals surface area contributed by atoms with Crippen molar-refractivity contribution in [2.75, 3.05) is 33.2 Å². The van der Waals surface area contributed by atoms with E-state index in [1.165, 1.54) is 19.8 Å². The van der Waals surface area contributed by atoms with Gasteiger partial charge in [0, 0.05) is 13.1 Å². The number of likely N-dealkylation sites (tertiary alicyclic amines) is 1. The molecule has 0 aromatic carbocycles. The van der Waals surface area contributed by atoms with Crippen molar-refractivity contribution in [2.24, 2.45) is 5.92 Å². The van der Waals surface area contributed by atoms with Gasteiger partial charge in [-0.1, -0.05) is 0 Å². The van der Waals surface area contributed by atoms with Gasteiger partial charge in [-0.05, 0) is 45.8 Å². The van der Waals surface area contributed by atoms with Crippen molar-refractivity contribution in [3.05, 3.63) is 0 Å². The first kappa shape index (κ1) is 13.4. The van der Waals surface area contributed by atoms with Crippen LogP contribution in [0, 0.1) is 5.92 Å². The van der Waals surface area contributed by atoms with Crippen molar-refractivity contribution in [3.8, 4) is 0 Å². The Morgan fingerprint density at radius 3 is 2.88 bits per heavy atom. The minimum atomic E-state index is -1.67. The van der Waals surface area contributed by atoms with Gasteiger partial charge in [0.2, 0.25) is 0 Å². The van der Waals surface area contributed by atoms with Crippen LogP contribution < -0.4 is 5.32 Å². The number of aliphatic hydroxyl groups is 1. The van der Waals surface area contributed by atoms with Gasteiger partial charge in [-0.25, -0.2) is 4.79 Å². The molecular formula is C11H22N2O3. The number of hydrogen-bond acceptors (Lipinski definition) is 4. The summed E-state index contributed by atoms with van der Waals surface area (Å²) in [6.45, 7) is 4.37. The summed E-state index contributed by atoms with van der Waals surface area (Å²) in [5, 5.41) is 21.3. The SMILES string of the molecule is CN1CCCC(CNCC(C)(O)C(=O)O)C1. The van der Waals surface area contributed by atoms with Crippen LogP contribution in [0.4, 0.5) is 0 Å². The Labute approximate surface area is 96.4 Å². The lowest BCUT2D eigenvalue weighted by Crippen LogP contribution is -2.47. The Morgan fingerprint density at radius 1 is 1.62 bits per heavy atom. The predicted molar refractivity (Wildman–Crippen MR) is 61.4 cm³/mol. The third-order valence-electron chi connectivity index (χ3n) is 3.09. The highest BCUT2D eigenvalue weighted by atomic mass is 16.4. The van der Waals surface area contributed by atoms with Crippen LogP contribution in [-0.4, -0.2) is 59.9 Å². The second kappa shape index (κ2) is 5.61. The lowest BCUT2D eigenvalue weighted by atomic mass is 9.98. The molecule has 1 saturated heterocycles. The maximum Gasteiger partial charge on any atom is 0.336 e. The third-order valence-corrected chi connectivity index (χ3v) is 3.09. The largest absolute Gasteiger partial charge is 0.479 e. The van der Waals surface area contributed by atoms with Crippen LogP contribution in [0.1, 0.15) is 19.8 Å². The second-order valence-electron chi connectivity index (χ2n) is 4.98. The molecular weight excluding hydrogens is 208 g/mol. The summed E-state index contributed by atoms with van der Waals surface area (Å²) in [4.78, 5) is 12.9. The minimum absolute atomic E-state index is 0.0997. The zero-order chi connectivity index (χ0) is 12.2. The lowest BCUT2D eigenvalue weighted by Gasteiger charge is -2.30. The molecule has 94 valence electrons. The highest BCUT2D eigenvalue weighted by Gasteiger charge is 2.29. The van der Waals surface area contributed by atoms with E-state index in [2.05, 4.69) is 17.3 Å². The van der Waals surface area contributed by atoms with Gasteiger partial charge in [0.05, 0.1) is 0 Å². The van der Waals surface area contributed by atoms with E-state index >= 15 is 0 Å². The van der Waals surface area contributed by atoms with E-state index in [4.69, 9.17) is 5.11 Å². The molecule has 0 saturated carbocycles. The van der Waals surface area contributed by atoms with Gasteiger partial charge in [0.1, 0.15) is 0 Å². The number of piperidine rings is 1. The molecule has 0 aromatic rings. The van der Waals surface area contributed by atoms with Crippen LogP contribution in [0.25, 0.3) is 0 Å². The van der Waals surface area contributed by atoms with Gasteiger partial charge < -0.3 is 20.4 Å². The Kier molecular flexibility index (Phi) is 4.70. The summed E-state index contributed by atoms with van der Waals surface area (Å²) >= 11 is 0. The number of carboxylic acids is 1. The molecule has 1 rings (SSSR count). The van der Waals surface area contributed by atoms with Crippen LogP contribution in [0.3, 0.4) is 0 Å². The van der Waals surface area contributed by atoms with Crippen LogP contribution in [0.2, 0.25) is 0 Å². The first-order valence-electron chi connectivity index (χ1n) is 5.77. The quantitative estimate of drug-likeness (QED) is 0.607. The molecule has 3 N–H and O–H groups in total. The van der Waals surface area contributed by atoms with E-state index in [9.17, 15) is 9.90 Å². The first-order valence-corrected chi connectivity index (χ1v) is 5.77. The number of carbonyl (C=O) groups is 1. The van der Waals surface area contributed by atoms with Gasteiger partial charge in [-0.3, -0.25) is 0 Å². The summed E-state index contributed by atoms with van der Waals surface area (Å²) in [6, 6.07) is 0. The van der Waals surface area contributed by atoms with E-state index in [1.54, 1.807) is 0 Å². The van der Waals surface area contributed by atoms with E-state index in [1.807, 2.05) is 0 Å². The first-order chi connectivity index (χ1) is 7.42. The standard InChI is InChI=1S/C11H22N2O3/c1-11(16,10(14)15)8-12-6-9-4-3-5-13(2)7-9/h9,12,16H,3-8H2,1-2H3,(H,14,15). The Morgan fingerprint density at radius 2 is 2.31 bits per heavy atom. The van der Waals surface area contributed by atoms with Crippen molar-refractivity contribution in [1.82, 2.24) is 10.2 Å². The molecule has 5 nitrogen and oxygen atoms in total. The lowest BCUT2D eigenvalue weighted by molar-refractivity contribution is -0.156. The Hall–Kier alpha value is -0.650. The van der Waals surface area contributed by atoms with Crippen molar-refractivity contribution in [1.29, 1.82) is 0 Å². The fourth-order valence-corrected chi connectivity index (χ4v) is 2.04. The fourth-order valence-electron chi connectivity index (χ4n) is 2.04. The van der Waals surface area contributed by atoms with Crippen molar-refractivity contribution >= 4 is 5.97 Å². The summed E-state index contributed by atoms with van der Waals surface area (Å²) in [6.07, 6.45) is 2.37. The molecule has 1 aliphatic rings. The van der Waals surface area contributed by atoms with Crippen LogP contribution in [0.15, 0.2) is 0 Å². The van der Waals surface area contributed by atoms with Gasteiger partial charge in [-0.15, -0.1) is 0 Å². The van der Waals surface area contributed by atoms with Crippen molar-refractivity contribution in [2.45, 2.75) is 25.4 Å². The average Bonchev–Trinajstić information content (AvgIpc) is 2.17. The maximum absolute atomic E-state index is 10.7. The van der Waals surface area contributed by atoms with Crippen LogP contribution in [-0.2, 0) is 4.79 Å². The molecule has 0 bridgehead atoms. The molecule has 1 heterocycles. The maximum atomic E-state index is 10.7. The normalized spacial score (nSPS) is 26.3. The second-order valence-corrected chi connectivity index (χ2v) is 4.98. The van der Waals surface area contributed by atoms with Crippen LogP contribution in [0.5, 0.6) is 0 Å². The Balaban J connectivity index is 2.22. The monoisotopic (exact) mass is 230 g/mol. The highest BCUT2D eigenvalue weighted by molar-refractivity contribution is 5.76. The summed E-state index contributed by atoms with van der Waals surface area (Å²) < 4.78 is 0. The predicted octanol–water partition coefficient (Wildman–Crippen LogP) is -0.247. The Bertz CT molecular complexity index is 243. The number of rotatable bonds is 5. The molecule has 0 aliphatic carbocycles. The fraction of sp³-hybridized carbons (Fsp3) is 0.909. The van der Waals surface area contributed by atoms with Crippen LogP contribution >= 0.6 is 0 Å². The summed E-state index contributed by atoms with van der Waals surface area (Å²) in [7, 11) is 2.10. The molecule has 0 aromatic heterocycles. The van der Waals surface area contributed by atoms with Crippen molar-refractivity contribution < 1.29 is 15.0 Å². The molecule has 2 unspecified atom stereocenters. The number of hydrogen-bond donors (Lipinski definition) is 3.